The second-order valence-electron chi connectivity index (χ2n) is 4.90. The van der Waals surface area contributed by atoms with E-state index in [0.717, 1.165) is 15.9 Å². The minimum atomic E-state index is -0.518. The first kappa shape index (κ1) is 15.2. The van der Waals surface area contributed by atoms with Crippen molar-refractivity contribution in [3.05, 3.63) is 59.6 Å². The fraction of sp³-hybridized carbons (Fsp3) is 0.118. The first-order valence-corrected chi connectivity index (χ1v) is 7.85. The number of nitrogens with zero attached hydrogens (tertiary/aromatic N) is 2. The molecule has 1 amide bonds. The van der Waals surface area contributed by atoms with Crippen LogP contribution in [-0.2, 0) is 9.53 Å². The minimum Gasteiger partial charge on any atom is -0.452 e. The molecule has 0 unspecified atom stereocenters. The van der Waals surface area contributed by atoms with Crippen molar-refractivity contribution in [1.29, 1.82) is 0 Å². The Hall–Kier alpha value is -2.73. The lowest BCUT2D eigenvalue weighted by atomic mass is 10.2. The molecule has 2 aromatic carbocycles. The molecule has 23 heavy (non-hydrogen) atoms. The van der Waals surface area contributed by atoms with E-state index in [1.165, 1.54) is 16.2 Å². The van der Waals surface area contributed by atoms with Crippen LogP contribution in [0, 0.1) is 0 Å². The molecule has 0 radical (unpaired) electrons. The van der Waals surface area contributed by atoms with Crippen molar-refractivity contribution in [2.45, 2.75) is 0 Å². The number of para-hydroxylation sites is 1. The quantitative estimate of drug-likeness (QED) is 0.691. The number of aromatic nitrogens is 1. The van der Waals surface area contributed by atoms with E-state index in [0.29, 0.717) is 5.56 Å². The Balaban J connectivity index is 1.63. The van der Waals surface area contributed by atoms with Gasteiger partial charge >= 0.3 is 5.97 Å². The maximum Gasteiger partial charge on any atom is 0.338 e. The summed E-state index contributed by atoms with van der Waals surface area (Å²) in [5.74, 6) is -0.807. The number of anilines is 1. The molecular weight excluding hydrogens is 312 g/mol. The number of ether oxygens (including phenoxy) is 1. The standard InChI is InChI=1S/C17H14N2O3S/c1-19(13-5-3-2-4-6-13)16(20)10-22-17(21)12-7-8-14-15(9-12)23-11-18-14/h2-9,11H,10H2,1H3. The summed E-state index contributed by atoms with van der Waals surface area (Å²) >= 11 is 1.45. The first-order chi connectivity index (χ1) is 11.1. The Labute approximate surface area is 137 Å². The SMILES string of the molecule is CN(C(=O)COC(=O)c1ccc2ncsc2c1)c1ccccc1. The Bertz CT molecular complexity index is 845. The van der Waals surface area contributed by atoms with Crippen LogP contribution in [0.3, 0.4) is 0 Å². The maximum absolute atomic E-state index is 12.1. The molecule has 1 aromatic heterocycles. The van der Waals surface area contributed by atoms with Gasteiger partial charge in [-0.05, 0) is 30.3 Å². The van der Waals surface area contributed by atoms with Crippen LogP contribution < -0.4 is 4.90 Å². The van der Waals surface area contributed by atoms with E-state index in [9.17, 15) is 9.59 Å². The van der Waals surface area contributed by atoms with Crippen LogP contribution in [0.15, 0.2) is 54.0 Å². The molecule has 0 saturated heterocycles. The molecule has 5 nitrogen and oxygen atoms in total. The van der Waals surface area contributed by atoms with Crippen molar-refractivity contribution < 1.29 is 14.3 Å². The number of rotatable bonds is 4. The summed E-state index contributed by atoms with van der Waals surface area (Å²) < 4.78 is 6.02. The van der Waals surface area contributed by atoms with Crippen molar-refractivity contribution in [2.75, 3.05) is 18.6 Å². The summed E-state index contributed by atoms with van der Waals surface area (Å²) in [4.78, 5) is 29.8. The second kappa shape index (κ2) is 6.58. The maximum atomic E-state index is 12.1. The van der Waals surface area contributed by atoms with Crippen molar-refractivity contribution in [1.82, 2.24) is 4.98 Å². The predicted molar refractivity (Wildman–Crippen MR) is 89.8 cm³/mol. The molecule has 0 aliphatic heterocycles. The molecule has 0 aliphatic rings. The van der Waals surface area contributed by atoms with Gasteiger partial charge in [0, 0.05) is 12.7 Å². The first-order valence-electron chi connectivity index (χ1n) is 6.97. The highest BCUT2D eigenvalue weighted by molar-refractivity contribution is 7.16. The average Bonchev–Trinajstić information content (AvgIpc) is 3.07. The van der Waals surface area contributed by atoms with E-state index in [-0.39, 0.29) is 12.5 Å². The molecule has 0 bridgehead atoms. The number of carbonyl (C=O) groups excluding carboxylic acids is 2. The minimum absolute atomic E-state index is 0.289. The van der Waals surface area contributed by atoms with E-state index in [2.05, 4.69) is 4.98 Å². The van der Waals surface area contributed by atoms with E-state index in [4.69, 9.17) is 4.74 Å². The molecule has 3 aromatic rings. The Kier molecular flexibility index (Phi) is 4.34. The topological polar surface area (TPSA) is 59.5 Å². The van der Waals surface area contributed by atoms with E-state index in [1.807, 2.05) is 30.3 Å². The molecule has 0 atom stereocenters. The molecule has 116 valence electrons. The number of thiazole rings is 1. The zero-order valence-corrected chi connectivity index (χ0v) is 13.2. The average molecular weight is 326 g/mol. The summed E-state index contributed by atoms with van der Waals surface area (Å²) in [6.07, 6.45) is 0. The number of amides is 1. The van der Waals surface area contributed by atoms with Gasteiger partial charge in [-0.3, -0.25) is 4.79 Å². The zero-order chi connectivity index (χ0) is 16.2. The number of benzene rings is 2. The molecule has 3 rings (SSSR count). The van der Waals surface area contributed by atoms with Gasteiger partial charge in [0.05, 0.1) is 21.3 Å². The van der Waals surface area contributed by atoms with Crippen LogP contribution in [0.25, 0.3) is 10.2 Å². The van der Waals surface area contributed by atoms with Gasteiger partial charge in [-0.1, -0.05) is 18.2 Å². The number of hydrogen-bond acceptors (Lipinski definition) is 5. The third-order valence-corrected chi connectivity index (χ3v) is 4.20. The fourth-order valence-corrected chi connectivity index (χ4v) is 2.80. The van der Waals surface area contributed by atoms with E-state index >= 15 is 0 Å². The summed E-state index contributed by atoms with van der Waals surface area (Å²) in [5, 5.41) is 0. The lowest BCUT2D eigenvalue weighted by Gasteiger charge is -2.17. The number of likely N-dealkylation sites (N-methyl/N-ethyl adjacent to an activating group) is 1. The highest BCUT2D eigenvalue weighted by atomic mass is 32.1. The fourth-order valence-electron chi connectivity index (χ4n) is 2.09. The highest BCUT2D eigenvalue weighted by Gasteiger charge is 2.15. The van der Waals surface area contributed by atoms with Gasteiger partial charge in [-0.25, -0.2) is 9.78 Å². The third-order valence-electron chi connectivity index (χ3n) is 3.41. The molecule has 0 aliphatic carbocycles. The van der Waals surface area contributed by atoms with Crippen LogP contribution in [-0.4, -0.2) is 30.5 Å². The smallest absolute Gasteiger partial charge is 0.338 e. The van der Waals surface area contributed by atoms with Gasteiger partial charge in [0.25, 0.3) is 5.91 Å². The van der Waals surface area contributed by atoms with Gasteiger partial charge in [-0.2, -0.15) is 0 Å². The van der Waals surface area contributed by atoms with Gasteiger partial charge in [0.1, 0.15) is 0 Å². The zero-order valence-electron chi connectivity index (χ0n) is 12.4. The van der Waals surface area contributed by atoms with Gasteiger partial charge in [0.15, 0.2) is 6.61 Å². The van der Waals surface area contributed by atoms with Crippen molar-refractivity contribution >= 4 is 39.1 Å². The van der Waals surface area contributed by atoms with Crippen LogP contribution in [0.5, 0.6) is 0 Å². The lowest BCUT2D eigenvalue weighted by molar-refractivity contribution is -0.121. The summed E-state index contributed by atoms with van der Waals surface area (Å²) in [6, 6.07) is 14.3. The van der Waals surface area contributed by atoms with Crippen LogP contribution >= 0.6 is 11.3 Å². The molecule has 0 saturated carbocycles. The molecular formula is C17H14N2O3S. The molecule has 0 spiro atoms. The van der Waals surface area contributed by atoms with Gasteiger partial charge < -0.3 is 9.64 Å². The van der Waals surface area contributed by atoms with Crippen molar-refractivity contribution in [2.24, 2.45) is 0 Å². The van der Waals surface area contributed by atoms with Crippen molar-refractivity contribution in [3.63, 3.8) is 0 Å². The molecule has 0 N–H and O–H groups in total. The van der Waals surface area contributed by atoms with Gasteiger partial charge in [0.2, 0.25) is 0 Å². The van der Waals surface area contributed by atoms with Gasteiger partial charge in [-0.15, -0.1) is 11.3 Å². The molecule has 0 fully saturated rings. The number of esters is 1. The summed E-state index contributed by atoms with van der Waals surface area (Å²) in [7, 11) is 1.65. The van der Waals surface area contributed by atoms with Crippen LogP contribution in [0.1, 0.15) is 10.4 Å². The van der Waals surface area contributed by atoms with E-state index < -0.39 is 5.97 Å². The monoisotopic (exact) mass is 326 g/mol. The Morgan fingerprint density at radius 3 is 2.74 bits per heavy atom. The highest BCUT2D eigenvalue weighted by Crippen LogP contribution is 2.19. The number of hydrogen-bond donors (Lipinski definition) is 0. The lowest BCUT2D eigenvalue weighted by Crippen LogP contribution is -2.31. The second-order valence-corrected chi connectivity index (χ2v) is 5.79. The normalized spacial score (nSPS) is 10.5. The van der Waals surface area contributed by atoms with Crippen molar-refractivity contribution in [3.8, 4) is 0 Å². The van der Waals surface area contributed by atoms with Crippen LogP contribution in [0.2, 0.25) is 0 Å². The summed E-state index contributed by atoms with van der Waals surface area (Å²) in [6.45, 7) is -0.301. The predicted octanol–water partition coefficient (Wildman–Crippen LogP) is 3.12. The molecule has 1 heterocycles. The van der Waals surface area contributed by atoms with Crippen LogP contribution in [0.4, 0.5) is 5.69 Å². The Morgan fingerprint density at radius 2 is 1.96 bits per heavy atom. The number of fused-ring (bicyclic) bond motifs is 1. The van der Waals surface area contributed by atoms with E-state index in [1.54, 1.807) is 30.8 Å². The summed E-state index contributed by atoms with van der Waals surface area (Å²) in [5.41, 5.74) is 3.72. The largest absolute Gasteiger partial charge is 0.452 e. The third kappa shape index (κ3) is 3.37. The molecule has 6 heteroatoms. The number of carbonyl (C=O) groups is 2. The Morgan fingerprint density at radius 1 is 1.17 bits per heavy atom.